The molecule has 2 nitrogen and oxygen atoms in total. The molecular weight excluding hydrogens is 371 g/mol. The monoisotopic (exact) mass is 400 g/mol. The summed E-state index contributed by atoms with van der Waals surface area (Å²) >= 11 is 0. The van der Waals surface area contributed by atoms with Gasteiger partial charge in [0.2, 0.25) is 0 Å². The average Bonchev–Trinajstić information content (AvgIpc) is 2.78. The molecule has 0 radical (unpaired) electrons. The van der Waals surface area contributed by atoms with Crippen molar-refractivity contribution in [3.8, 4) is 0 Å². The average molecular weight is 401 g/mol. The fraction of sp³-hybridized carbons (Fsp3) is 0.259. The molecule has 0 N–H and O–H groups in total. The summed E-state index contributed by atoms with van der Waals surface area (Å²) in [6, 6.07) is 26.7. The highest BCUT2D eigenvalue weighted by Gasteiger charge is 2.07. The van der Waals surface area contributed by atoms with E-state index in [1.165, 1.54) is 5.56 Å². The maximum Gasteiger partial charge on any atom is 0.100 e. The van der Waals surface area contributed by atoms with E-state index in [9.17, 15) is 4.39 Å². The molecule has 0 fully saturated rings. The van der Waals surface area contributed by atoms with Crippen LogP contribution in [0.5, 0.6) is 0 Å². The zero-order valence-electron chi connectivity index (χ0n) is 17.8. The van der Waals surface area contributed by atoms with E-state index >= 15 is 0 Å². The molecular formula is C27H29FN2. The van der Waals surface area contributed by atoms with Crippen LogP contribution in [0.1, 0.15) is 54.5 Å². The Bertz CT molecular complexity index is 956. The van der Waals surface area contributed by atoms with Gasteiger partial charge < -0.3 is 0 Å². The lowest BCUT2D eigenvalue weighted by Crippen LogP contribution is -2.03. The zero-order chi connectivity index (χ0) is 21.2. The zero-order valence-corrected chi connectivity index (χ0v) is 17.8. The van der Waals surface area contributed by atoms with E-state index in [2.05, 4.69) is 41.4 Å². The van der Waals surface area contributed by atoms with E-state index in [0.29, 0.717) is 6.42 Å². The second-order valence-corrected chi connectivity index (χ2v) is 7.57. The van der Waals surface area contributed by atoms with E-state index in [0.717, 1.165) is 47.2 Å². The standard InChI is InChI=1S/C27H29FN2/c1-3-7-22-12-14-24(15-13-22)20-29-30-27(25-8-5-4-6-9-25)26-18-16-23(17-19-26)11-10-21(2)28/h4-6,8-9,12-21H,3,7,10-11H2,1-2H3. The van der Waals surface area contributed by atoms with Crippen LogP contribution in [-0.2, 0) is 12.8 Å². The van der Waals surface area contributed by atoms with Crippen LogP contribution < -0.4 is 0 Å². The van der Waals surface area contributed by atoms with E-state index < -0.39 is 6.17 Å². The molecule has 0 aromatic heterocycles. The first kappa shape index (κ1) is 21.6. The normalized spacial score (nSPS) is 13.0. The van der Waals surface area contributed by atoms with Gasteiger partial charge in [0, 0.05) is 11.1 Å². The molecule has 0 bridgehead atoms. The smallest absolute Gasteiger partial charge is 0.100 e. The summed E-state index contributed by atoms with van der Waals surface area (Å²) in [5.74, 6) is 0. The molecule has 0 aliphatic rings. The number of rotatable bonds is 9. The highest BCUT2D eigenvalue weighted by molar-refractivity contribution is 6.13. The summed E-state index contributed by atoms with van der Waals surface area (Å²) in [6.45, 7) is 3.78. The van der Waals surface area contributed by atoms with Gasteiger partial charge in [-0.15, -0.1) is 5.10 Å². The minimum Gasteiger partial charge on any atom is -0.248 e. The molecule has 3 heteroatoms. The van der Waals surface area contributed by atoms with E-state index in [1.807, 2.05) is 54.6 Å². The molecule has 3 aromatic carbocycles. The predicted octanol–water partition coefficient (Wildman–Crippen LogP) is 6.80. The van der Waals surface area contributed by atoms with Gasteiger partial charge in [-0.3, -0.25) is 0 Å². The molecule has 0 amide bonds. The second-order valence-electron chi connectivity index (χ2n) is 7.57. The number of hydrogen-bond donors (Lipinski definition) is 0. The summed E-state index contributed by atoms with van der Waals surface area (Å²) in [5.41, 5.74) is 6.32. The van der Waals surface area contributed by atoms with Crippen molar-refractivity contribution in [2.24, 2.45) is 10.2 Å². The van der Waals surface area contributed by atoms with Crippen LogP contribution in [0.4, 0.5) is 4.39 Å². The Hall–Kier alpha value is -3.07. The first-order chi connectivity index (χ1) is 14.7. The minimum absolute atomic E-state index is 0.542. The van der Waals surface area contributed by atoms with Crippen molar-refractivity contribution in [3.05, 3.63) is 107 Å². The molecule has 154 valence electrons. The van der Waals surface area contributed by atoms with Gasteiger partial charge >= 0.3 is 0 Å². The quantitative estimate of drug-likeness (QED) is 0.279. The molecule has 1 unspecified atom stereocenters. The number of hydrogen-bond acceptors (Lipinski definition) is 2. The van der Waals surface area contributed by atoms with Gasteiger partial charge in [0.05, 0.1) is 12.4 Å². The molecule has 0 saturated carbocycles. The summed E-state index contributed by atoms with van der Waals surface area (Å²) in [7, 11) is 0. The number of halogens is 1. The topological polar surface area (TPSA) is 24.7 Å². The second kappa shape index (κ2) is 11.2. The molecule has 3 rings (SSSR count). The first-order valence-corrected chi connectivity index (χ1v) is 10.6. The van der Waals surface area contributed by atoms with Crippen molar-refractivity contribution in [3.63, 3.8) is 0 Å². The fourth-order valence-electron chi connectivity index (χ4n) is 3.29. The molecule has 0 aliphatic carbocycles. The maximum atomic E-state index is 13.1. The molecule has 0 aliphatic heterocycles. The third-order valence-corrected chi connectivity index (χ3v) is 4.99. The van der Waals surface area contributed by atoms with Crippen LogP contribution in [-0.4, -0.2) is 18.1 Å². The summed E-state index contributed by atoms with van der Waals surface area (Å²) < 4.78 is 13.1. The largest absolute Gasteiger partial charge is 0.248 e. The van der Waals surface area contributed by atoms with E-state index in [1.54, 1.807) is 13.1 Å². The van der Waals surface area contributed by atoms with Crippen LogP contribution in [0.25, 0.3) is 0 Å². The van der Waals surface area contributed by atoms with E-state index in [4.69, 9.17) is 0 Å². The Morgan fingerprint density at radius 1 is 0.833 bits per heavy atom. The Labute approximate surface area is 179 Å². The van der Waals surface area contributed by atoms with Crippen molar-refractivity contribution < 1.29 is 4.39 Å². The van der Waals surface area contributed by atoms with Gasteiger partial charge in [0.1, 0.15) is 5.71 Å². The third kappa shape index (κ3) is 6.48. The summed E-state index contributed by atoms with van der Waals surface area (Å²) in [4.78, 5) is 0. The highest BCUT2D eigenvalue weighted by Crippen LogP contribution is 2.15. The van der Waals surface area contributed by atoms with Crippen LogP contribution >= 0.6 is 0 Å². The van der Waals surface area contributed by atoms with Gasteiger partial charge in [0.15, 0.2) is 0 Å². The van der Waals surface area contributed by atoms with Crippen molar-refractivity contribution in [2.75, 3.05) is 0 Å². The summed E-state index contributed by atoms with van der Waals surface area (Å²) in [6.07, 6.45) is 4.52. The van der Waals surface area contributed by atoms with Crippen LogP contribution in [0, 0.1) is 0 Å². The SMILES string of the molecule is CCCc1ccc(C=NN=C(c2ccccc2)c2ccc(CCC(C)F)cc2)cc1. The van der Waals surface area contributed by atoms with Gasteiger partial charge in [-0.05, 0) is 42.9 Å². The molecule has 30 heavy (non-hydrogen) atoms. The van der Waals surface area contributed by atoms with Crippen molar-refractivity contribution in [1.29, 1.82) is 0 Å². The number of alkyl halides is 1. The van der Waals surface area contributed by atoms with Gasteiger partial charge in [0.25, 0.3) is 0 Å². The van der Waals surface area contributed by atoms with Crippen molar-refractivity contribution >= 4 is 11.9 Å². The van der Waals surface area contributed by atoms with Crippen LogP contribution in [0.3, 0.4) is 0 Å². The Kier molecular flexibility index (Phi) is 8.08. The van der Waals surface area contributed by atoms with Crippen molar-refractivity contribution in [1.82, 2.24) is 0 Å². The lowest BCUT2D eigenvalue weighted by molar-refractivity contribution is 0.341. The Morgan fingerprint density at radius 2 is 1.43 bits per heavy atom. The predicted molar refractivity (Wildman–Crippen MR) is 125 cm³/mol. The lowest BCUT2D eigenvalue weighted by Gasteiger charge is -2.08. The van der Waals surface area contributed by atoms with Crippen LogP contribution in [0.15, 0.2) is 89.1 Å². The van der Waals surface area contributed by atoms with Gasteiger partial charge in [-0.2, -0.15) is 5.10 Å². The first-order valence-electron chi connectivity index (χ1n) is 10.6. The molecule has 0 saturated heterocycles. The van der Waals surface area contributed by atoms with Crippen LogP contribution in [0.2, 0.25) is 0 Å². The third-order valence-electron chi connectivity index (χ3n) is 4.99. The highest BCUT2D eigenvalue weighted by atomic mass is 19.1. The molecule has 1 atom stereocenters. The molecule has 0 spiro atoms. The number of aryl methyl sites for hydroxylation is 2. The molecule has 0 heterocycles. The maximum absolute atomic E-state index is 13.1. The van der Waals surface area contributed by atoms with Gasteiger partial charge in [-0.1, -0.05) is 92.2 Å². The lowest BCUT2D eigenvalue weighted by atomic mass is 9.99. The van der Waals surface area contributed by atoms with Crippen molar-refractivity contribution in [2.45, 2.75) is 45.7 Å². The molecule has 3 aromatic rings. The Balaban J connectivity index is 1.82. The fourth-order valence-corrected chi connectivity index (χ4v) is 3.29. The van der Waals surface area contributed by atoms with Gasteiger partial charge in [-0.25, -0.2) is 4.39 Å². The number of benzene rings is 3. The van der Waals surface area contributed by atoms with E-state index in [-0.39, 0.29) is 0 Å². The Morgan fingerprint density at radius 3 is 2.07 bits per heavy atom. The number of nitrogens with zero attached hydrogens (tertiary/aromatic N) is 2. The minimum atomic E-state index is -0.781. The summed E-state index contributed by atoms with van der Waals surface area (Å²) in [5, 5.41) is 8.91.